The third-order valence-electron chi connectivity index (χ3n) is 5.25. The number of hydrogen-bond donors (Lipinski definition) is 1. The van der Waals surface area contributed by atoms with Crippen LogP contribution >= 0.6 is 0 Å². The molecule has 2 saturated heterocycles. The second kappa shape index (κ2) is 5.92. The van der Waals surface area contributed by atoms with Gasteiger partial charge in [-0.05, 0) is 19.3 Å². The maximum absolute atomic E-state index is 12.5. The van der Waals surface area contributed by atoms with Gasteiger partial charge in [-0.3, -0.25) is 19.0 Å². The molecule has 2 aliphatic rings. The van der Waals surface area contributed by atoms with Crippen molar-refractivity contribution >= 4 is 11.8 Å². The molecule has 1 N–H and O–H groups in total. The fraction of sp³-hybridized carbons (Fsp3) is 0.625. The first-order valence-corrected chi connectivity index (χ1v) is 8.15. The number of likely N-dealkylation sites (tertiary alicyclic amines) is 2. The lowest BCUT2D eigenvalue weighted by Crippen LogP contribution is -2.48. The Labute approximate surface area is 139 Å². The van der Waals surface area contributed by atoms with Crippen LogP contribution < -0.4 is 11.2 Å². The molecule has 1 aromatic rings. The summed E-state index contributed by atoms with van der Waals surface area (Å²) in [7, 11) is 3.17. The zero-order chi connectivity index (χ0) is 17.5. The van der Waals surface area contributed by atoms with E-state index >= 15 is 0 Å². The second-order valence-electron chi connectivity index (χ2n) is 6.84. The summed E-state index contributed by atoms with van der Waals surface area (Å²) < 4.78 is 0.952. The van der Waals surface area contributed by atoms with Crippen LogP contribution in [-0.2, 0) is 23.1 Å². The molecular weight excluding hydrogens is 312 g/mol. The number of hydrogen-bond acceptors (Lipinski definition) is 4. The molecule has 3 heterocycles. The number of H-pyrrole nitrogens is 1. The lowest BCUT2D eigenvalue weighted by Gasteiger charge is -2.37. The summed E-state index contributed by atoms with van der Waals surface area (Å²) in [5.41, 5.74) is -1.17. The quantitative estimate of drug-likeness (QED) is 0.757. The van der Waals surface area contributed by atoms with Gasteiger partial charge in [0, 0.05) is 45.5 Å². The van der Waals surface area contributed by atoms with E-state index in [2.05, 4.69) is 4.98 Å². The summed E-state index contributed by atoms with van der Waals surface area (Å²) >= 11 is 0. The van der Waals surface area contributed by atoms with Crippen molar-refractivity contribution in [1.82, 2.24) is 19.4 Å². The van der Waals surface area contributed by atoms with Crippen LogP contribution in [0.1, 0.15) is 24.8 Å². The predicted molar refractivity (Wildman–Crippen MR) is 86.5 cm³/mol. The van der Waals surface area contributed by atoms with E-state index in [0.29, 0.717) is 19.5 Å². The summed E-state index contributed by atoms with van der Waals surface area (Å²) in [6.07, 6.45) is 3.66. The molecule has 1 atom stereocenters. The van der Waals surface area contributed by atoms with E-state index in [9.17, 15) is 19.2 Å². The molecule has 0 unspecified atom stereocenters. The fourth-order valence-corrected chi connectivity index (χ4v) is 3.75. The van der Waals surface area contributed by atoms with Gasteiger partial charge in [-0.1, -0.05) is 0 Å². The van der Waals surface area contributed by atoms with Gasteiger partial charge in [0.1, 0.15) is 0 Å². The number of carbonyl (C=O) groups excluding carboxylic acids is 2. The van der Waals surface area contributed by atoms with Crippen LogP contribution in [0.15, 0.2) is 15.8 Å². The van der Waals surface area contributed by atoms with Gasteiger partial charge >= 0.3 is 5.69 Å². The van der Waals surface area contributed by atoms with Crippen LogP contribution in [-0.4, -0.2) is 57.8 Å². The molecule has 2 aliphatic heterocycles. The van der Waals surface area contributed by atoms with Crippen LogP contribution in [0, 0.1) is 5.41 Å². The first-order chi connectivity index (χ1) is 11.3. The van der Waals surface area contributed by atoms with Crippen LogP contribution in [0.2, 0.25) is 0 Å². The van der Waals surface area contributed by atoms with Crippen LogP contribution in [0.3, 0.4) is 0 Å². The first-order valence-electron chi connectivity index (χ1n) is 8.15. The average Bonchev–Trinajstić information content (AvgIpc) is 2.98. The Bertz CT molecular complexity index is 796. The highest BCUT2D eigenvalue weighted by atomic mass is 16.2. The van der Waals surface area contributed by atoms with Gasteiger partial charge in [0.15, 0.2) is 0 Å². The third kappa shape index (κ3) is 2.65. The molecule has 24 heavy (non-hydrogen) atoms. The van der Waals surface area contributed by atoms with Crippen LogP contribution in [0.4, 0.5) is 0 Å². The van der Waals surface area contributed by atoms with E-state index in [1.54, 1.807) is 16.8 Å². The van der Waals surface area contributed by atoms with Gasteiger partial charge in [0.2, 0.25) is 11.8 Å². The number of nitrogens with zero attached hydrogens (tertiary/aromatic N) is 3. The standard InChI is InChI=1S/C16H22N4O4/c1-18-6-3-4-16(14(18)23)5-7-20(10-16)12(21)8-11-9-17-15(24)19(2)13(11)22/h9H,3-8,10H2,1-2H3,(H,17,24)/t16-/m1/s1. The molecule has 1 spiro atoms. The molecule has 0 bridgehead atoms. The highest BCUT2D eigenvalue weighted by Crippen LogP contribution is 2.39. The van der Waals surface area contributed by atoms with E-state index in [1.165, 1.54) is 13.2 Å². The smallest absolute Gasteiger partial charge is 0.328 e. The Balaban J connectivity index is 1.74. The summed E-state index contributed by atoms with van der Waals surface area (Å²) in [6, 6.07) is 0. The molecule has 2 amide bonds. The number of carbonyl (C=O) groups is 2. The van der Waals surface area contributed by atoms with E-state index in [4.69, 9.17) is 0 Å². The molecule has 8 heteroatoms. The van der Waals surface area contributed by atoms with Gasteiger partial charge in [-0.15, -0.1) is 0 Å². The van der Waals surface area contributed by atoms with Crippen molar-refractivity contribution in [2.24, 2.45) is 12.5 Å². The summed E-state index contributed by atoms with van der Waals surface area (Å²) in [6.45, 7) is 1.71. The molecule has 0 aliphatic carbocycles. The third-order valence-corrected chi connectivity index (χ3v) is 5.25. The Hall–Kier alpha value is -2.38. The molecular formula is C16H22N4O4. The maximum atomic E-state index is 12.5. The van der Waals surface area contributed by atoms with E-state index in [0.717, 1.165) is 24.0 Å². The normalized spacial score (nSPS) is 24.0. The van der Waals surface area contributed by atoms with Crippen molar-refractivity contribution in [3.63, 3.8) is 0 Å². The lowest BCUT2D eigenvalue weighted by molar-refractivity contribution is -0.144. The maximum Gasteiger partial charge on any atom is 0.328 e. The minimum Gasteiger partial charge on any atom is -0.345 e. The largest absolute Gasteiger partial charge is 0.345 e. The number of aromatic amines is 1. The minimum absolute atomic E-state index is 0.0659. The topological polar surface area (TPSA) is 95.5 Å². The number of amides is 2. The molecule has 130 valence electrons. The Kier molecular flexibility index (Phi) is 4.06. The van der Waals surface area contributed by atoms with Crippen LogP contribution in [0.5, 0.6) is 0 Å². The Morgan fingerprint density at radius 3 is 2.71 bits per heavy atom. The number of rotatable bonds is 2. The fourth-order valence-electron chi connectivity index (χ4n) is 3.75. The second-order valence-corrected chi connectivity index (χ2v) is 6.84. The van der Waals surface area contributed by atoms with E-state index < -0.39 is 16.7 Å². The zero-order valence-corrected chi connectivity index (χ0v) is 14.0. The highest BCUT2D eigenvalue weighted by Gasteiger charge is 2.48. The van der Waals surface area contributed by atoms with Gasteiger partial charge in [0.05, 0.1) is 11.8 Å². The van der Waals surface area contributed by atoms with Crippen molar-refractivity contribution in [3.05, 3.63) is 32.6 Å². The molecule has 0 radical (unpaired) electrons. The first kappa shape index (κ1) is 16.5. The molecule has 8 nitrogen and oxygen atoms in total. The molecule has 1 aromatic heterocycles. The monoisotopic (exact) mass is 334 g/mol. The Morgan fingerprint density at radius 1 is 1.21 bits per heavy atom. The van der Waals surface area contributed by atoms with Crippen molar-refractivity contribution in [2.75, 3.05) is 26.7 Å². The Morgan fingerprint density at radius 2 is 1.96 bits per heavy atom. The van der Waals surface area contributed by atoms with Crippen molar-refractivity contribution in [3.8, 4) is 0 Å². The van der Waals surface area contributed by atoms with Gasteiger partial charge in [-0.25, -0.2) is 4.79 Å². The van der Waals surface area contributed by atoms with Crippen molar-refractivity contribution in [1.29, 1.82) is 0 Å². The molecule has 0 saturated carbocycles. The number of piperidine rings is 1. The minimum atomic E-state index is -0.507. The zero-order valence-electron chi connectivity index (χ0n) is 14.0. The summed E-state index contributed by atoms with van der Waals surface area (Å²) in [4.78, 5) is 54.3. The lowest BCUT2D eigenvalue weighted by atomic mass is 9.78. The number of aromatic nitrogens is 2. The van der Waals surface area contributed by atoms with Crippen molar-refractivity contribution in [2.45, 2.75) is 25.7 Å². The summed E-state index contributed by atoms with van der Waals surface area (Å²) in [5, 5.41) is 0. The average molecular weight is 334 g/mol. The molecule has 3 rings (SSSR count). The van der Waals surface area contributed by atoms with Gasteiger partial charge in [0.25, 0.3) is 5.56 Å². The van der Waals surface area contributed by atoms with E-state index in [-0.39, 0.29) is 23.8 Å². The van der Waals surface area contributed by atoms with Crippen LogP contribution in [0.25, 0.3) is 0 Å². The number of nitrogens with one attached hydrogen (secondary N) is 1. The SMILES string of the molecule is CN1CCC[C@]2(CCN(C(=O)Cc3c[nH]c(=O)n(C)c3=O)C2)C1=O. The van der Waals surface area contributed by atoms with Crippen molar-refractivity contribution < 1.29 is 9.59 Å². The molecule has 2 fully saturated rings. The highest BCUT2D eigenvalue weighted by molar-refractivity contribution is 5.86. The van der Waals surface area contributed by atoms with Gasteiger partial charge < -0.3 is 14.8 Å². The predicted octanol–water partition coefficient (Wildman–Crippen LogP) is -0.913. The van der Waals surface area contributed by atoms with Gasteiger partial charge in [-0.2, -0.15) is 0 Å². The van der Waals surface area contributed by atoms with E-state index in [1.807, 2.05) is 0 Å². The molecule has 0 aromatic carbocycles. The summed E-state index contributed by atoms with van der Waals surface area (Å²) in [5.74, 6) is -0.0685.